The van der Waals surface area contributed by atoms with Crippen molar-refractivity contribution in [3.05, 3.63) is 35.9 Å². The lowest BCUT2D eigenvalue weighted by Crippen LogP contribution is -3.00. The number of carbonyl (C=O) groups is 1. The minimum absolute atomic E-state index is 0. The van der Waals surface area contributed by atoms with Crippen LogP contribution in [0.4, 0.5) is 11.9 Å². The first-order chi connectivity index (χ1) is 10.2. The highest BCUT2D eigenvalue weighted by Crippen LogP contribution is 2.31. The minimum atomic E-state index is 0. The number of nitrogens with one attached hydrogen (secondary N) is 2. The molecule has 1 aromatic heterocycles. The van der Waals surface area contributed by atoms with Crippen LogP contribution in [-0.2, 0) is 11.3 Å². The van der Waals surface area contributed by atoms with Gasteiger partial charge in [0.2, 0.25) is 0 Å². The van der Waals surface area contributed by atoms with Crippen LogP contribution >= 0.6 is 0 Å². The summed E-state index contributed by atoms with van der Waals surface area (Å²) in [7, 11) is 0. The number of halogens is 1. The van der Waals surface area contributed by atoms with E-state index in [2.05, 4.69) is 51.5 Å². The molecule has 0 saturated heterocycles. The molecule has 0 spiro atoms. The third-order valence-electron chi connectivity index (χ3n) is 4.18. The summed E-state index contributed by atoms with van der Waals surface area (Å²) in [5.74, 6) is 1.66. The van der Waals surface area contributed by atoms with E-state index in [1.807, 2.05) is 10.7 Å². The van der Waals surface area contributed by atoms with Gasteiger partial charge in [0, 0.05) is 6.42 Å². The molecule has 0 aliphatic carbocycles. The molecule has 1 amide bonds. The van der Waals surface area contributed by atoms with E-state index < -0.39 is 0 Å². The van der Waals surface area contributed by atoms with Crippen LogP contribution in [0.2, 0.25) is 0 Å². The standard InChI is InChI=1S/C15H17N5O.ClH/c1-10-9-12(11-5-3-2-4-6-11)20-15(16-10)19-8-7-13(21)17-14(19)18-20;/h2-6,10,12H,7-9H2,1H3,(H,17,18,21);1H. The molecule has 2 N–H and O–H groups in total. The maximum Gasteiger partial charge on any atom is 0.356 e. The monoisotopic (exact) mass is 319 g/mol. The summed E-state index contributed by atoms with van der Waals surface area (Å²) >= 11 is 0. The molecule has 2 atom stereocenters. The number of hydrogen-bond donors (Lipinski definition) is 2. The number of hydrogen-bond acceptors (Lipinski definition) is 3. The van der Waals surface area contributed by atoms with E-state index in [4.69, 9.17) is 0 Å². The SMILES string of the molecule is CC1CC(c2ccccc2)n2nc3[n+](c2N1)CCC(=O)N3.[Cl-]. The second kappa shape index (κ2) is 5.61. The third-order valence-corrected chi connectivity index (χ3v) is 4.18. The maximum atomic E-state index is 11.6. The molecule has 3 heterocycles. The fraction of sp³-hybridized carbons (Fsp3) is 0.400. The van der Waals surface area contributed by atoms with E-state index in [0.29, 0.717) is 25.0 Å². The van der Waals surface area contributed by atoms with Crippen molar-refractivity contribution in [2.24, 2.45) is 0 Å². The van der Waals surface area contributed by atoms with Gasteiger partial charge < -0.3 is 17.7 Å². The Morgan fingerprint density at radius 2 is 2.09 bits per heavy atom. The number of carbonyl (C=O) groups excluding carboxylic acids is 1. The molecule has 2 aliphatic rings. The molecule has 7 heteroatoms. The van der Waals surface area contributed by atoms with Crippen molar-refractivity contribution >= 4 is 17.8 Å². The van der Waals surface area contributed by atoms with Crippen LogP contribution in [0.25, 0.3) is 0 Å². The second-order valence-electron chi connectivity index (χ2n) is 5.75. The fourth-order valence-corrected chi connectivity index (χ4v) is 3.16. The zero-order valence-electron chi connectivity index (χ0n) is 12.3. The Kier molecular flexibility index (Phi) is 3.78. The summed E-state index contributed by atoms with van der Waals surface area (Å²) in [5.41, 5.74) is 1.25. The van der Waals surface area contributed by atoms with Crippen molar-refractivity contribution < 1.29 is 21.8 Å². The van der Waals surface area contributed by atoms with Gasteiger partial charge in [-0.1, -0.05) is 30.3 Å². The van der Waals surface area contributed by atoms with Crippen molar-refractivity contribution in [3.63, 3.8) is 0 Å². The lowest BCUT2D eigenvalue weighted by atomic mass is 9.99. The lowest BCUT2D eigenvalue weighted by molar-refractivity contribution is -0.670. The van der Waals surface area contributed by atoms with Crippen LogP contribution in [0, 0.1) is 0 Å². The first-order valence-electron chi connectivity index (χ1n) is 7.36. The predicted molar refractivity (Wildman–Crippen MR) is 78.0 cm³/mol. The summed E-state index contributed by atoms with van der Waals surface area (Å²) in [6.07, 6.45) is 1.48. The van der Waals surface area contributed by atoms with Crippen LogP contribution < -0.4 is 27.6 Å². The molecule has 116 valence electrons. The van der Waals surface area contributed by atoms with E-state index in [1.165, 1.54) is 5.56 Å². The molecule has 22 heavy (non-hydrogen) atoms. The van der Waals surface area contributed by atoms with Gasteiger partial charge in [-0.25, -0.2) is 9.88 Å². The fourth-order valence-electron chi connectivity index (χ4n) is 3.16. The van der Waals surface area contributed by atoms with Gasteiger partial charge >= 0.3 is 11.9 Å². The molecule has 0 radical (unpaired) electrons. The summed E-state index contributed by atoms with van der Waals surface area (Å²) in [4.78, 5) is 11.6. The van der Waals surface area contributed by atoms with Crippen molar-refractivity contribution in [2.45, 2.75) is 38.4 Å². The van der Waals surface area contributed by atoms with Crippen molar-refractivity contribution in [1.29, 1.82) is 0 Å². The molecule has 0 bridgehead atoms. The highest BCUT2D eigenvalue weighted by atomic mass is 35.5. The summed E-state index contributed by atoms with van der Waals surface area (Å²) in [6.45, 7) is 2.86. The summed E-state index contributed by atoms with van der Waals surface area (Å²) < 4.78 is 4.07. The van der Waals surface area contributed by atoms with Gasteiger partial charge in [-0.05, 0) is 17.6 Å². The number of anilines is 2. The predicted octanol–water partition coefficient (Wildman–Crippen LogP) is -1.69. The first-order valence-corrected chi connectivity index (χ1v) is 7.36. The number of rotatable bonds is 1. The first kappa shape index (κ1) is 14.8. The second-order valence-corrected chi connectivity index (χ2v) is 5.75. The molecule has 0 saturated carbocycles. The molecule has 2 aliphatic heterocycles. The largest absolute Gasteiger partial charge is 1.00 e. The Hall–Kier alpha value is -2.08. The lowest BCUT2D eigenvalue weighted by Gasteiger charge is -2.26. The molecule has 6 nitrogen and oxygen atoms in total. The van der Waals surface area contributed by atoms with E-state index in [1.54, 1.807) is 0 Å². The van der Waals surface area contributed by atoms with E-state index >= 15 is 0 Å². The third kappa shape index (κ3) is 2.33. The maximum absolute atomic E-state index is 11.6. The van der Waals surface area contributed by atoms with Crippen LogP contribution in [-0.4, -0.2) is 21.7 Å². The van der Waals surface area contributed by atoms with Gasteiger partial charge in [0.15, 0.2) is 0 Å². The van der Waals surface area contributed by atoms with Crippen molar-refractivity contribution in [3.8, 4) is 0 Å². The van der Waals surface area contributed by atoms with Gasteiger partial charge in [0.25, 0.3) is 5.91 Å². The van der Waals surface area contributed by atoms with Gasteiger partial charge in [-0.15, -0.1) is 4.68 Å². The highest BCUT2D eigenvalue weighted by Gasteiger charge is 2.38. The van der Waals surface area contributed by atoms with Crippen LogP contribution in [0.3, 0.4) is 0 Å². The average Bonchev–Trinajstić information content (AvgIpc) is 2.84. The van der Waals surface area contributed by atoms with Crippen LogP contribution in [0.1, 0.15) is 31.4 Å². The smallest absolute Gasteiger partial charge is 0.356 e. The molecule has 2 unspecified atom stereocenters. The minimum Gasteiger partial charge on any atom is -1.00 e. The van der Waals surface area contributed by atoms with Crippen LogP contribution in [0.15, 0.2) is 30.3 Å². The number of fused-ring (bicyclic) bond motifs is 3. The summed E-state index contributed by atoms with van der Waals surface area (Å²) in [5, 5.41) is 11.0. The summed E-state index contributed by atoms with van der Waals surface area (Å²) in [6, 6.07) is 11.0. The van der Waals surface area contributed by atoms with E-state index in [-0.39, 0.29) is 24.4 Å². The zero-order valence-corrected chi connectivity index (χ0v) is 13.0. The average molecular weight is 320 g/mol. The molecule has 0 fully saturated rings. The topological polar surface area (TPSA) is 62.8 Å². The Bertz CT molecular complexity index is 699. The Morgan fingerprint density at radius 1 is 1.32 bits per heavy atom. The van der Waals surface area contributed by atoms with Gasteiger partial charge in [0.05, 0.1) is 19.0 Å². The highest BCUT2D eigenvalue weighted by molar-refractivity contribution is 5.88. The normalized spacial score (nSPS) is 22.7. The van der Waals surface area contributed by atoms with E-state index in [9.17, 15) is 4.79 Å². The van der Waals surface area contributed by atoms with Crippen LogP contribution in [0.5, 0.6) is 0 Å². The zero-order chi connectivity index (χ0) is 14.4. The quantitative estimate of drug-likeness (QED) is 0.617. The molecule has 4 rings (SSSR count). The van der Waals surface area contributed by atoms with Gasteiger partial charge in [0.1, 0.15) is 6.04 Å². The number of benzene rings is 1. The van der Waals surface area contributed by atoms with Gasteiger partial charge in [-0.2, -0.15) is 0 Å². The Balaban J connectivity index is 0.00000144. The van der Waals surface area contributed by atoms with E-state index in [0.717, 1.165) is 12.4 Å². The van der Waals surface area contributed by atoms with Crippen molar-refractivity contribution in [2.75, 3.05) is 10.6 Å². The Morgan fingerprint density at radius 3 is 2.86 bits per heavy atom. The molecule has 2 aromatic rings. The Labute approximate surface area is 134 Å². The number of nitrogens with zero attached hydrogens (tertiary/aromatic N) is 3. The van der Waals surface area contributed by atoms with Crippen molar-refractivity contribution in [1.82, 2.24) is 9.78 Å². The molecule has 1 aromatic carbocycles. The van der Waals surface area contributed by atoms with Gasteiger partial charge in [-0.3, -0.25) is 4.79 Å². The number of aromatic nitrogens is 3. The number of amides is 1. The molecular weight excluding hydrogens is 302 g/mol. The molecular formula is C15H18ClN5O.